The summed E-state index contributed by atoms with van der Waals surface area (Å²) in [6.45, 7) is 0.852. The van der Waals surface area contributed by atoms with E-state index in [4.69, 9.17) is 20.9 Å². The summed E-state index contributed by atoms with van der Waals surface area (Å²) in [7, 11) is 1.47. The van der Waals surface area contributed by atoms with Crippen LogP contribution in [-0.2, 0) is 4.74 Å². The highest BCUT2D eigenvalue weighted by Crippen LogP contribution is 2.28. The fraction of sp³-hybridized carbons (Fsp3) is 0.316. The Bertz CT molecular complexity index is 1110. The van der Waals surface area contributed by atoms with Gasteiger partial charge < -0.3 is 31.6 Å². The second-order valence-corrected chi connectivity index (χ2v) is 7.05. The number of carbonyl (C=O) groups excluding carboxylic acids is 1. The molecule has 2 atom stereocenters. The van der Waals surface area contributed by atoms with Crippen LogP contribution in [0.3, 0.4) is 0 Å². The van der Waals surface area contributed by atoms with Crippen LogP contribution in [0.4, 0.5) is 21.7 Å². The number of halogens is 1. The van der Waals surface area contributed by atoms with Gasteiger partial charge in [-0.3, -0.25) is 4.79 Å². The molecule has 0 radical (unpaired) electrons. The Hall–Kier alpha value is -3.84. The lowest BCUT2D eigenvalue weighted by Gasteiger charge is -2.30. The minimum atomic E-state index is -0.844. The van der Waals surface area contributed by atoms with Crippen molar-refractivity contribution < 1.29 is 18.7 Å². The van der Waals surface area contributed by atoms with E-state index in [1.807, 2.05) is 0 Å². The molecule has 0 aliphatic carbocycles. The van der Waals surface area contributed by atoms with Crippen LogP contribution in [0.15, 0.2) is 30.7 Å². The van der Waals surface area contributed by atoms with Crippen molar-refractivity contribution in [1.29, 1.82) is 0 Å². The number of nitrogens with zero attached hydrogens (tertiary/aromatic N) is 5. The summed E-state index contributed by atoms with van der Waals surface area (Å²) < 4.78 is 25.2. The molecule has 0 aromatic carbocycles. The van der Waals surface area contributed by atoms with Gasteiger partial charge >= 0.3 is 0 Å². The van der Waals surface area contributed by atoms with E-state index >= 15 is 0 Å². The molecule has 0 bridgehead atoms. The Morgan fingerprint density at radius 1 is 1.31 bits per heavy atom. The maximum atomic E-state index is 14.7. The van der Waals surface area contributed by atoms with Gasteiger partial charge in [0.1, 0.15) is 11.5 Å². The maximum Gasteiger partial charge on any atom is 0.252 e. The second-order valence-electron chi connectivity index (χ2n) is 7.05. The Labute approximate surface area is 182 Å². The maximum absolute atomic E-state index is 14.7. The third kappa shape index (κ3) is 4.43. The van der Waals surface area contributed by atoms with Gasteiger partial charge in [-0.25, -0.2) is 14.4 Å². The number of methoxy groups -OCH3 is 1. The lowest BCUT2D eigenvalue weighted by molar-refractivity contribution is 0.0751. The van der Waals surface area contributed by atoms with Crippen molar-refractivity contribution in [3.8, 4) is 11.6 Å². The van der Waals surface area contributed by atoms with E-state index in [9.17, 15) is 9.18 Å². The summed E-state index contributed by atoms with van der Waals surface area (Å²) >= 11 is 0. The third-order valence-electron chi connectivity index (χ3n) is 4.89. The number of hydrogen-bond acceptors (Lipinski definition) is 10. The van der Waals surface area contributed by atoms with Crippen molar-refractivity contribution in [1.82, 2.24) is 25.0 Å². The van der Waals surface area contributed by atoms with Crippen molar-refractivity contribution in [2.24, 2.45) is 11.5 Å². The van der Waals surface area contributed by atoms with Crippen LogP contribution < -0.4 is 26.8 Å². The zero-order valence-corrected chi connectivity index (χ0v) is 17.2. The second kappa shape index (κ2) is 9.11. The van der Waals surface area contributed by atoms with Crippen LogP contribution in [0.2, 0.25) is 0 Å². The molecule has 0 spiro atoms. The SMILES string of the molecule is COc1ncc(Nc2nc(N[C@@H]3CCOC[C@@H]3N)c(F)cc2C(N)=O)cc1-n1nccn1. The van der Waals surface area contributed by atoms with Gasteiger partial charge in [-0.1, -0.05) is 0 Å². The minimum Gasteiger partial charge on any atom is -0.479 e. The Morgan fingerprint density at radius 2 is 2.09 bits per heavy atom. The molecule has 1 aliphatic heterocycles. The predicted octanol–water partition coefficient (Wildman–Crippen LogP) is 0.576. The number of rotatable bonds is 7. The molecule has 1 aliphatic rings. The van der Waals surface area contributed by atoms with Gasteiger partial charge in [-0.05, 0) is 18.6 Å². The average molecular weight is 443 g/mol. The molecule has 1 fully saturated rings. The highest BCUT2D eigenvalue weighted by molar-refractivity contribution is 5.98. The quantitative estimate of drug-likeness (QED) is 0.405. The largest absolute Gasteiger partial charge is 0.479 e. The van der Waals surface area contributed by atoms with Crippen LogP contribution in [-0.4, -0.2) is 63.3 Å². The van der Waals surface area contributed by atoms with Crippen molar-refractivity contribution in [2.75, 3.05) is 31.0 Å². The third-order valence-corrected chi connectivity index (χ3v) is 4.89. The fourth-order valence-electron chi connectivity index (χ4n) is 3.27. The van der Waals surface area contributed by atoms with Crippen molar-refractivity contribution >= 4 is 23.2 Å². The fourth-order valence-corrected chi connectivity index (χ4v) is 3.27. The number of nitrogens with two attached hydrogens (primary N) is 2. The monoisotopic (exact) mass is 443 g/mol. The number of ether oxygens (including phenoxy) is 2. The Balaban J connectivity index is 1.68. The molecule has 0 saturated carbocycles. The molecular weight excluding hydrogens is 421 g/mol. The van der Waals surface area contributed by atoms with Crippen molar-refractivity contribution in [3.05, 3.63) is 42.1 Å². The van der Waals surface area contributed by atoms with E-state index in [1.165, 1.54) is 30.5 Å². The molecule has 168 valence electrons. The molecule has 32 heavy (non-hydrogen) atoms. The molecule has 3 aromatic rings. The minimum absolute atomic E-state index is 0.0494. The average Bonchev–Trinajstić information content (AvgIpc) is 3.32. The number of aromatic nitrogens is 5. The Kier molecular flexibility index (Phi) is 6.09. The van der Waals surface area contributed by atoms with Gasteiger partial charge in [0.25, 0.3) is 5.91 Å². The molecule has 3 aromatic heterocycles. The van der Waals surface area contributed by atoms with Crippen LogP contribution in [0.1, 0.15) is 16.8 Å². The van der Waals surface area contributed by atoms with Crippen LogP contribution in [0, 0.1) is 5.82 Å². The van der Waals surface area contributed by atoms with E-state index in [0.717, 1.165) is 6.07 Å². The molecule has 0 unspecified atom stereocenters. The summed E-state index contributed by atoms with van der Waals surface area (Å²) in [5, 5.41) is 14.1. The number of nitrogens with one attached hydrogen (secondary N) is 2. The standard InChI is InChI=1S/C19H22FN9O3/c1-31-19-15(29-24-3-4-25-29)6-10(8-23-19)26-17-11(16(22)30)7-12(20)18(28-17)27-14-2-5-32-9-13(14)21/h3-4,6-8,13-14H,2,5,9,21H2,1H3,(H2,22,30)(H2,26,27,28)/t13-,14+/m0/s1. The number of primary amides is 1. The molecule has 4 rings (SSSR count). The zero-order chi connectivity index (χ0) is 22.7. The highest BCUT2D eigenvalue weighted by Gasteiger charge is 2.25. The molecule has 1 saturated heterocycles. The van der Waals surface area contributed by atoms with Gasteiger partial charge in [0.05, 0.1) is 43.6 Å². The lowest BCUT2D eigenvalue weighted by atomic mass is 10.0. The number of anilines is 3. The van der Waals surface area contributed by atoms with E-state index in [2.05, 4.69) is 30.8 Å². The van der Waals surface area contributed by atoms with Crippen molar-refractivity contribution in [2.45, 2.75) is 18.5 Å². The summed E-state index contributed by atoms with van der Waals surface area (Å²) in [5.41, 5.74) is 12.2. The smallest absolute Gasteiger partial charge is 0.252 e. The number of hydrogen-bond donors (Lipinski definition) is 4. The number of carbonyl (C=O) groups is 1. The molecular formula is C19H22FN9O3. The van der Waals surface area contributed by atoms with E-state index in [0.29, 0.717) is 31.0 Å². The molecule has 6 N–H and O–H groups in total. The summed E-state index contributed by atoms with van der Waals surface area (Å²) in [5.74, 6) is -1.30. The first-order chi connectivity index (χ1) is 15.5. The lowest BCUT2D eigenvalue weighted by Crippen LogP contribution is -2.47. The predicted molar refractivity (Wildman–Crippen MR) is 113 cm³/mol. The molecule has 4 heterocycles. The van der Waals surface area contributed by atoms with Gasteiger partial charge in [0.15, 0.2) is 11.6 Å². The summed E-state index contributed by atoms with van der Waals surface area (Å²) in [6.07, 6.45) is 5.06. The van der Waals surface area contributed by atoms with Gasteiger partial charge in [-0.15, -0.1) is 4.80 Å². The van der Waals surface area contributed by atoms with Crippen LogP contribution in [0.25, 0.3) is 5.69 Å². The summed E-state index contributed by atoms with van der Waals surface area (Å²) in [6, 6.07) is 2.10. The molecule has 13 heteroatoms. The normalized spacial score (nSPS) is 18.2. The van der Waals surface area contributed by atoms with E-state index in [-0.39, 0.29) is 35.2 Å². The van der Waals surface area contributed by atoms with Crippen LogP contribution >= 0.6 is 0 Å². The summed E-state index contributed by atoms with van der Waals surface area (Å²) in [4.78, 5) is 21.7. The van der Waals surface area contributed by atoms with E-state index < -0.39 is 11.7 Å². The van der Waals surface area contributed by atoms with Gasteiger partial charge in [0, 0.05) is 18.7 Å². The Morgan fingerprint density at radius 3 is 2.78 bits per heavy atom. The van der Waals surface area contributed by atoms with Gasteiger partial charge in [-0.2, -0.15) is 10.2 Å². The van der Waals surface area contributed by atoms with Crippen molar-refractivity contribution in [3.63, 3.8) is 0 Å². The first-order valence-electron chi connectivity index (χ1n) is 9.74. The van der Waals surface area contributed by atoms with Gasteiger partial charge in [0.2, 0.25) is 5.88 Å². The number of pyridine rings is 2. The highest BCUT2D eigenvalue weighted by atomic mass is 19.1. The zero-order valence-electron chi connectivity index (χ0n) is 17.2. The van der Waals surface area contributed by atoms with E-state index in [1.54, 1.807) is 6.07 Å². The first kappa shape index (κ1) is 21.4. The molecule has 1 amide bonds. The van der Waals surface area contributed by atoms with Crippen LogP contribution in [0.5, 0.6) is 5.88 Å². The number of amides is 1. The topological polar surface area (TPSA) is 168 Å². The molecule has 12 nitrogen and oxygen atoms in total. The first-order valence-corrected chi connectivity index (χ1v) is 9.74.